The molecule has 1 aromatic carbocycles. The van der Waals surface area contributed by atoms with Crippen molar-refractivity contribution in [2.75, 3.05) is 20.1 Å². The molecule has 0 saturated carbocycles. The molecule has 0 spiro atoms. The third-order valence-corrected chi connectivity index (χ3v) is 4.23. The number of thiophene rings is 1. The van der Waals surface area contributed by atoms with Gasteiger partial charge in [-0.3, -0.25) is 9.59 Å². The Hall–Kier alpha value is -2.18. The van der Waals surface area contributed by atoms with Crippen LogP contribution < -0.4 is 16.0 Å². The normalized spacial score (nSPS) is 11.7. The lowest BCUT2D eigenvalue weighted by Gasteiger charge is -2.14. The standard InChI is InChI=1S/C16H19N3O2S/c1-17-14(20)10-18-15(21)11-19-16(13-8-5-9-22-13)12-6-3-2-4-7-12/h2-9,16,19H,10-11H2,1H3,(H,17,20)(H,18,21)/p+1/t16-/m1/s1. The molecule has 0 fully saturated rings. The second kappa shape index (κ2) is 8.31. The van der Waals surface area contributed by atoms with Crippen LogP contribution in [0.5, 0.6) is 0 Å². The molecule has 5 nitrogen and oxygen atoms in total. The minimum absolute atomic E-state index is 0.0121. The molecule has 0 aliphatic heterocycles. The molecule has 0 bridgehead atoms. The van der Waals surface area contributed by atoms with Crippen molar-refractivity contribution in [2.45, 2.75) is 6.04 Å². The molecule has 0 aliphatic carbocycles. The number of carbonyl (C=O) groups excluding carboxylic acids is 2. The van der Waals surface area contributed by atoms with Gasteiger partial charge in [0.2, 0.25) is 5.91 Å². The molecule has 1 aromatic heterocycles. The van der Waals surface area contributed by atoms with Crippen LogP contribution in [-0.4, -0.2) is 32.0 Å². The van der Waals surface area contributed by atoms with Crippen molar-refractivity contribution in [1.82, 2.24) is 10.6 Å². The summed E-state index contributed by atoms with van der Waals surface area (Å²) in [6.07, 6.45) is 0. The first-order valence-electron chi connectivity index (χ1n) is 7.09. The molecule has 2 amide bonds. The number of likely N-dealkylation sites (N-methyl/N-ethyl adjacent to an activating group) is 1. The summed E-state index contributed by atoms with van der Waals surface area (Å²) < 4.78 is 0. The van der Waals surface area contributed by atoms with Crippen LogP contribution in [0, 0.1) is 0 Å². The average molecular weight is 318 g/mol. The number of quaternary nitrogens is 1. The van der Waals surface area contributed by atoms with E-state index in [2.05, 4.69) is 28.8 Å². The van der Waals surface area contributed by atoms with Crippen molar-refractivity contribution < 1.29 is 14.9 Å². The largest absolute Gasteiger partial charge is 0.358 e. The van der Waals surface area contributed by atoms with E-state index in [4.69, 9.17) is 0 Å². The SMILES string of the molecule is CNC(=O)CNC(=O)C[NH2+][C@H](c1ccccc1)c1cccs1. The zero-order valence-corrected chi connectivity index (χ0v) is 13.2. The van der Waals surface area contributed by atoms with E-state index < -0.39 is 0 Å². The minimum Gasteiger partial charge on any atom is -0.358 e. The van der Waals surface area contributed by atoms with Gasteiger partial charge in [0, 0.05) is 12.6 Å². The third-order valence-electron chi connectivity index (χ3n) is 3.27. The van der Waals surface area contributed by atoms with Gasteiger partial charge in [-0.1, -0.05) is 36.4 Å². The summed E-state index contributed by atoms with van der Waals surface area (Å²) in [5.41, 5.74) is 1.16. The molecule has 2 aromatic rings. The fourth-order valence-corrected chi connectivity index (χ4v) is 2.96. The number of nitrogens with two attached hydrogens (primary N) is 1. The number of hydrogen-bond donors (Lipinski definition) is 3. The molecular weight excluding hydrogens is 298 g/mol. The fraction of sp³-hybridized carbons (Fsp3) is 0.250. The number of carbonyl (C=O) groups is 2. The number of rotatable bonds is 7. The second-order valence-corrected chi connectivity index (χ2v) is 5.77. The molecule has 0 unspecified atom stereocenters. The molecular formula is C16H20N3O2S+. The van der Waals surface area contributed by atoms with E-state index in [1.54, 1.807) is 18.4 Å². The van der Waals surface area contributed by atoms with Gasteiger partial charge in [0.1, 0.15) is 6.04 Å². The van der Waals surface area contributed by atoms with E-state index >= 15 is 0 Å². The highest BCUT2D eigenvalue weighted by Crippen LogP contribution is 2.22. The smallest absolute Gasteiger partial charge is 0.275 e. The summed E-state index contributed by atoms with van der Waals surface area (Å²) in [5.74, 6) is -0.354. The Morgan fingerprint density at radius 1 is 1.14 bits per heavy atom. The molecule has 2 rings (SSSR count). The van der Waals surface area contributed by atoms with E-state index in [1.165, 1.54) is 4.88 Å². The number of benzene rings is 1. The maximum Gasteiger partial charge on any atom is 0.275 e. The first-order valence-corrected chi connectivity index (χ1v) is 7.97. The van der Waals surface area contributed by atoms with Crippen LogP contribution in [0.25, 0.3) is 0 Å². The van der Waals surface area contributed by atoms with E-state index in [9.17, 15) is 9.59 Å². The number of hydrogen-bond acceptors (Lipinski definition) is 3. The van der Waals surface area contributed by atoms with Gasteiger partial charge in [0.25, 0.3) is 5.91 Å². The maximum atomic E-state index is 11.8. The van der Waals surface area contributed by atoms with E-state index in [0.29, 0.717) is 0 Å². The average Bonchev–Trinajstić information content (AvgIpc) is 3.08. The quantitative estimate of drug-likeness (QED) is 0.685. The lowest BCUT2D eigenvalue weighted by molar-refractivity contribution is -0.676. The topological polar surface area (TPSA) is 74.8 Å². The number of amides is 2. The summed E-state index contributed by atoms with van der Waals surface area (Å²) in [4.78, 5) is 24.2. The van der Waals surface area contributed by atoms with Gasteiger partial charge >= 0.3 is 0 Å². The van der Waals surface area contributed by atoms with Gasteiger partial charge in [-0.2, -0.15) is 0 Å². The summed E-state index contributed by atoms with van der Waals surface area (Å²) >= 11 is 1.67. The molecule has 22 heavy (non-hydrogen) atoms. The van der Waals surface area contributed by atoms with E-state index in [1.807, 2.05) is 35.0 Å². The Morgan fingerprint density at radius 2 is 1.91 bits per heavy atom. The van der Waals surface area contributed by atoms with Crippen LogP contribution in [0.4, 0.5) is 0 Å². The van der Waals surface area contributed by atoms with E-state index in [0.717, 1.165) is 5.56 Å². The Kier molecular flexibility index (Phi) is 6.12. The molecule has 6 heteroatoms. The van der Waals surface area contributed by atoms with Gasteiger partial charge in [-0.05, 0) is 11.4 Å². The van der Waals surface area contributed by atoms with E-state index in [-0.39, 0.29) is 30.9 Å². The fourth-order valence-electron chi connectivity index (χ4n) is 2.11. The van der Waals surface area contributed by atoms with Crippen molar-refractivity contribution in [2.24, 2.45) is 0 Å². The molecule has 0 radical (unpaired) electrons. The zero-order valence-electron chi connectivity index (χ0n) is 12.4. The molecule has 0 aliphatic rings. The molecule has 4 N–H and O–H groups in total. The molecule has 1 heterocycles. The van der Waals surface area contributed by atoms with Gasteiger partial charge in [0.15, 0.2) is 6.54 Å². The number of nitrogens with one attached hydrogen (secondary N) is 2. The predicted molar refractivity (Wildman–Crippen MR) is 86.5 cm³/mol. The van der Waals surface area contributed by atoms with Crippen molar-refractivity contribution in [1.29, 1.82) is 0 Å². The Balaban J connectivity index is 1.97. The van der Waals surface area contributed by atoms with Crippen LogP contribution in [0.3, 0.4) is 0 Å². The first-order chi connectivity index (χ1) is 10.7. The van der Waals surface area contributed by atoms with Crippen LogP contribution >= 0.6 is 11.3 Å². The van der Waals surface area contributed by atoms with Crippen LogP contribution in [0.1, 0.15) is 16.5 Å². The Morgan fingerprint density at radius 3 is 2.55 bits per heavy atom. The monoisotopic (exact) mass is 318 g/mol. The molecule has 1 atom stereocenters. The summed E-state index contributed by atoms with van der Waals surface area (Å²) in [6.45, 7) is 0.284. The highest BCUT2D eigenvalue weighted by atomic mass is 32.1. The van der Waals surface area contributed by atoms with Gasteiger partial charge in [-0.15, -0.1) is 11.3 Å². The minimum atomic E-state index is -0.203. The summed E-state index contributed by atoms with van der Waals surface area (Å²) in [6, 6.07) is 14.3. The highest BCUT2D eigenvalue weighted by molar-refractivity contribution is 7.10. The Bertz CT molecular complexity index is 599. The van der Waals surface area contributed by atoms with Crippen LogP contribution in [0.15, 0.2) is 47.8 Å². The highest BCUT2D eigenvalue weighted by Gasteiger charge is 2.19. The summed E-state index contributed by atoms with van der Waals surface area (Å²) in [7, 11) is 1.54. The lowest BCUT2D eigenvalue weighted by atomic mass is 10.1. The first kappa shape index (κ1) is 16.2. The van der Waals surface area contributed by atoms with Gasteiger partial charge < -0.3 is 16.0 Å². The Labute approximate surface area is 133 Å². The van der Waals surface area contributed by atoms with Crippen LogP contribution in [0.2, 0.25) is 0 Å². The lowest BCUT2D eigenvalue weighted by Crippen LogP contribution is -2.87. The van der Waals surface area contributed by atoms with Crippen molar-refractivity contribution >= 4 is 23.2 Å². The summed E-state index contributed by atoms with van der Waals surface area (Å²) in [5, 5.41) is 9.10. The van der Waals surface area contributed by atoms with Crippen molar-refractivity contribution in [3.05, 3.63) is 58.3 Å². The van der Waals surface area contributed by atoms with Gasteiger partial charge in [0.05, 0.1) is 11.4 Å². The predicted octanol–water partition coefficient (Wildman–Crippen LogP) is 0.263. The van der Waals surface area contributed by atoms with Gasteiger partial charge in [-0.25, -0.2) is 0 Å². The van der Waals surface area contributed by atoms with Crippen molar-refractivity contribution in [3.63, 3.8) is 0 Å². The molecule has 116 valence electrons. The zero-order chi connectivity index (χ0) is 15.8. The molecule has 0 saturated heterocycles. The van der Waals surface area contributed by atoms with Crippen molar-refractivity contribution in [3.8, 4) is 0 Å². The second-order valence-electron chi connectivity index (χ2n) is 4.79. The third kappa shape index (κ3) is 4.68. The van der Waals surface area contributed by atoms with Crippen LogP contribution in [-0.2, 0) is 9.59 Å². The maximum absolute atomic E-state index is 11.8.